The van der Waals surface area contributed by atoms with Gasteiger partial charge in [-0.1, -0.05) is 19.3 Å². The Bertz CT molecular complexity index is 939. The van der Waals surface area contributed by atoms with Crippen molar-refractivity contribution < 1.29 is 9.47 Å². The van der Waals surface area contributed by atoms with Crippen molar-refractivity contribution >= 4 is 16.6 Å². The zero-order chi connectivity index (χ0) is 17.6. The number of rotatable bonds is 3. The predicted octanol–water partition coefficient (Wildman–Crippen LogP) is 4.56. The van der Waals surface area contributed by atoms with E-state index in [9.17, 15) is 0 Å². The Labute approximate surface area is 148 Å². The van der Waals surface area contributed by atoms with E-state index in [1.165, 1.54) is 32.1 Å². The quantitative estimate of drug-likeness (QED) is 0.701. The molecular weight excluding hydrogens is 314 g/mol. The van der Waals surface area contributed by atoms with E-state index in [2.05, 4.69) is 18.2 Å². The summed E-state index contributed by atoms with van der Waals surface area (Å²) in [6, 6.07) is 3.94. The maximum atomic E-state index is 5.59. The minimum absolute atomic E-state index is 0.511. The number of aryl methyl sites for hydroxylation is 2. The van der Waals surface area contributed by atoms with Gasteiger partial charge in [-0.15, -0.1) is 0 Å². The van der Waals surface area contributed by atoms with Crippen LogP contribution in [0.3, 0.4) is 0 Å². The third kappa shape index (κ3) is 2.53. The first-order valence-corrected chi connectivity index (χ1v) is 9.05. The van der Waals surface area contributed by atoms with Gasteiger partial charge in [0.15, 0.2) is 0 Å². The Kier molecular flexibility index (Phi) is 4.02. The van der Waals surface area contributed by atoms with Crippen LogP contribution in [0, 0.1) is 13.8 Å². The molecule has 0 spiro atoms. The highest BCUT2D eigenvalue weighted by Crippen LogP contribution is 2.37. The number of hydrogen-bond acceptors (Lipinski definition) is 4. The molecule has 0 radical (unpaired) electrons. The van der Waals surface area contributed by atoms with Gasteiger partial charge in [0.2, 0.25) is 0 Å². The van der Waals surface area contributed by atoms with Gasteiger partial charge < -0.3 is 9.47 Å². The number of nitrogens with zero attached hydrogens (tertiary/aromatic N) is 3. The SMILES string of the molecule is COc1cc(OC)c2nc(C)c3c(C)nc(C4CCCCC4)n3c2c1. The van der Waals surface area contributed by atoms with Crippen LogP contribution in [0.4, 0.5) is 0 Å². The molecule has 3 aromatic rings. The molecule has 0 bridgehead atoms. The Morgan fingerprint density at radius 1 is 0.960 bits per heavy atom. The molecular formula is C20H25N3O2. The van der Waals surface area contributed by atoms with Crippen molar-refractivity contribution in [1.82, 2.24) is 14.4 Å². The fourth-order valence-corrected chi connectivity index (χ4v) is 4.20. The number of hydrogen-bond donors (Lipinski definition) is 0. The number of ether oxygens (including phenoxy) is 2. The van der Waals surface area contributed by atoms with E-state index in [0.29, 0.717) is 5.92 Å². The summed E-state index contributed by atoms with van der Waals surface area (Å²) in [5.41, 5.74) is 5.03. The first-order chi connectivity index (χ1) is 12.1. The smallest absolute Gasteiger partial charge is 0.150 e. The summed E-state index contributed by atoms with van der Waals surface area (Å²) in [5.74, 6) is 3.19. The molecule has 4 rings (SSSR count). The van der Waals surface area contributed by atoms with Crippen molar-refractivity contribution in [3.63, 3.8) is 0 Å². The van der Waals surface area contributed by atoms with E-state index in [1.807, 2.05) is 12.1 Å². The number of imidazole rings is 1. The lowest BCUT2D eigenvalue weighted by atomic mass is 9.88. The second-order valence-corrected chi connectivity index (χ2v) is 6.97. The number of fused-ring (bicyclic) bond motifs is 3. The Balaban J connectivity index is 2.10. The lowest BCUT2D eigenvalue weighted by Gasteiger charge is -2.21. The molecule has 25 heavy (non-hydrogen) atoms. The monoisotopic (exact) mass is 339 g/mol. The molecule has 0 N–H and O–H groups in total. The van der Waals surface area contributed by atoms with E-state index in [4.69, 9.17) is 19.4 Å². The van der Waals surface area contributed by atoms with Gasteiger partial charge in [0, 0.05) is 18.1 Å². The highest BCUT2D eigenvalue weighted by molar-refractivity contribution is 5.87. The minimum Gasteiger partial charge on any atom is -0.497 e. The molecule has 5 nitrogen and oxygen atoms in total. The van der Waals surface area contributed by atoms with Crippen molar-refractivity contribution in [2.75, 3.05) is 14.2 Å². The molecule has 2 heterocycles. The van der Waals surface area contributed by atoms with Crippen LogP contribution in [-0.2, 0) is 0 Å². The van der Waals surface area contributed by atoms with Gasteiger partial charge in [-0.05, 0) is 26.7 Å². The van der Waals surface area contributed by atoms with E-state index in [-0.39, 0.29) is 0 Å². The van der Waals surface area contributed by atoms with Gasteiger partial charge in [-0.25, -0.2) is 9.97 Å². The van der Waals surface area contributed by atoms with Crippen LogP contribution >= 0.6 is 0 Å². The largest absolute Gasteiger partial charge is 0.497 e. The normalized spacial score (nSPS) is 15.8. The summed E-state index contributed by atoms with van der Waals surface area (Å²) >= 11 is 0. The van der Waals surface area contributed by atoms with Crippen molar-refractivity contribution in [2.45, 2.75) is 51.9 Å². The predicted molar refractivity (Wildman–Crippen MR) is 98.9 cm³/mol. The number of methoxy groups -OCH3 is 2. The van der Waals surface area contributed by atoms with Gasteiger partial charge in [0.05, 0.1) is 36.6 Å². The van der Waals surface area contributed by atoms with Crippen LogP contribution in [0.5, 0.6) is 11.5 Å². The van der Waals surface area contributed by atoms with Gasteiger partial charge in [-0.3, -0.25) is 4.40 Å². The van der Waals surface area contributed by atoms with E-state index >= 15 is 0 Å². The van der Waals surface area contributed by atoms with Crippen molar-refractivity contribution in [3.8, 4) is 11.5 Å². The zero-order valence-corrected chi connectivity index (χ0v) is 15.4. The third-order valence-corrected chi connectivity index (χ3v) is 5.40. The van der Waals surface area contributed by atoms with Crippen LogP contribution in [0.1, 0.15) is 55.2 Å². The number of aromatic nitrogens is 3. The standard InChI is InChI=1S/C20H25N3O2/c1-12-19-13(2)22-20(14-8-6-5-7-9-14)23(19)16-10-15(24-3)11-17(25-4)18(16)21-12/h10-11,14H,5-9H2,1-4H3. The minimum atomic E-state index is 0.511. The molecule has 0 unspecified atom stereocenters. The Hall–Kier alpha value is -2.30. The van der Waals surface area contributed by atoms with Gasteiger partial charge in [0.25, 0.3) is 0 Å². The second-order valence-electron chi connectivity index (χ2n) is 6.97. The first-order valence-electron chi connectivity index (χ1n) is 9.05. The fraction of sp³-hybridized carbons (Fsp3) is 0.500. The van der Waals surface area contributed by atoms with Crippen molar-refractivity contribution in [2.24, 2.45) is 0 Å². The Morgan fingerprint density at radius 3 is 2.36 bits per heavy atom. The maximum absolute atomic E-state index is 5.59. The lowest BCUT2D eigenvalue weighted by molar-refractivity contribution is 0.397. The van der Waals surface area contributed by atoms with E-state index in [1.54, 1.807) is 14.2 Å². The van der Waals surface area contributed by atoms with Crippen LogP contribution in [0.25, 0.3) is 16.6 Å². The fourth-order valence-electron chi connectivity index (χ4n) is 4.20. The summed E-state index contributed by atoms with van der Waals surface area (Å²) in [6.07, 6.45) is 6.33. The molecule has 0 aliphatic heterocycles. The molecule has 1 aromatic carbocycles. The molecule has 1 saturated carbocycles. The second kappa shape index (κ2) is 6.21. The molecule has 0 atom stereocenters. The average molecular weight is 339 g/mol. The van der Waals surface area contributed by atoms with Crippen LogP contribution in [-0.4, -0.2) is 28.6 Å². The number of benzene rings is 1. The van der Waals surface area contributed by atoms with Gasteiger partial charge in [-0.2, -0.15) is 0 Å². The van der Waals surface area contributed by atoms with Crippen molar-refractivity contribution in [3.05, 3.63) is 29.3 Å². The van der Waals surface area contributed by atoms with E-state index in [0.717, 1.165) is 45.3 Å². The van der Waals surface area contributed by atoms with Gasteiger partial charge >= 0.3 is 0 Å². The molecule has 1 aliphatic rings. The molecule has 1 fully saturated rings. The Morgan fingerprint density at radius 2 is 1.68 bits per heavy atom. The van der Waals surface area contributed by atoms with Crippen molar-refractivity contribution in [1.29, 1.82) is 0 Å². The summed E-state index contributed by atoms with van der Waals surface area (Å²) in [6.45, 7) is 4.14. The molecule has 132 valence electrons. The molecule has 5 heteroatoms. The molecule has 1 aliphatic carbocycles. The lowest BCUT2D eigenvalue weighted by Crippen LogP contribution is -2.10. The van der Waals surface area contributed by atoms with Crippen LogP contribution in [0.2, 0.25) is 0 Å². The highest BCUT2D eigenvalue weighted by Gasteiger charge is 2.24. The maximum Gasteiger partial charge on any atom is 0.150 e. The zero-order valence-electron chi connectivity index (χ0n) is 15.4. The van der Waals surface area contributed by atoms with E-state index < -0.39 is 0 Å². The summed E-state index contributed by atoms with van der Waals surface area (Å²) in [7, 11) is 3.36. The summed E-state index contributed by atoms with van der Waals surface area (Å²) < 4.78 is 13.4. The van der Waals surface area contributed by atoms with Gasteiger partial charge in [0.1, 0.15) is 22.8 Å². The highest BCUT2D eigenvalue weighted by atomic mass is 16.5. The topological polar surface area (TPSA) is 48.7 Å². The van der Waals surface area contributed by atoms with Crippen LogP contribution < -0.4 is 9.47 Å². The summed E-state index contributed by atoms with van der Waals surface area (Å²) in [5, 5.41) is 0. The third-order valence-electron chi connectivity index (χ3n) is 5.40. The molecule has 2 aromatic heterocycles. The van der Waals surface area contributed by atoms with Crippen LogP contribution in [0.15, 0.2) is 12.1 Å². The average Bonchev–Trinajstić information content (AvgIpc) is 3.00. The molecule has 0 amide bonds. The first kappa shape index (κ1) is 16.2. The summed E-state index contributed by atoms with van der Waals surface area (Å²) in [4.78, 5) is 9.80. The molecule has 0 saturated heterocycles.